The maximum absolute atomic E-state index is 6.39. The standard InChI is InChI=1S/C19H25N5O/c1-18(2)7-13-8-19(3,10-18)11-24(13)16-15(20)17(23-12-22-16)25-14-5-4-6-21-9-14/h4-6,9,12-13H,7-8,10-11,20H2,1-3H3. The molecular formula is C19H25N5O. The number of ether oxygens (including phenoxy) is 1. The zero-order valence-corrected chi connectivity index (χ0v) is 15.1. The molecule has 1 aliphatic heterocycles. The van der Waals surface area contributed by atoms with Crippen LogP contribution in [0.4, 0.5) is 11.5 Å². The predicted molar refractivity (Wildman–Crippen MR) is 97.6 cm³/mol. The van der Waals surface area contributed by atoms with Gasteiger partial charge in [0.1, 0.15) is 17.8 Å². The molecule has 25 heavy (non-hydrogen) atoms. The highest BCUT2D eigenvalue weighted by atomic mass is 16.5. The number of fused-ring (bicyclic) bond motifs is 2. The molecule has 2 unspecified atom stereocenters. The molecule has 6 nitrogen and oxygen atoms in total. The molecule has 4 rings (SSSR count). The number of pyridine rings is 1. The normalized spacial score (nSPS) is 27.3. The van der Waals surface area contributed by atoms with Crippen LogP contribution < -0.4 is 15.4 Å². The molecule has 2 fully saturated rings. The summed E-state index contributed by atoms with van der Waals surface area (Å²) in [5, 5.41) is 0. The van der Waals surface area contributed by atoms with Crippen molar-refractivity contribution in [3.63, 3.8) is 0 Å². The Morgan fingerprint density at radius 1 is 1.24 bits per heavy atom. The van der Waals surface area contributed by atoms with E-state index in [0.29, 0.717) is 34.2 Å². The molecule has 1 saturated carbocycles. The molecular weight excluding hydrogens is 314 g/mol. The number of nitrogens with zero attached hydrogens (tertiary/aromatic N) is 4. The predicted octanol–water partition coefficient (Wildman–Crippen LogP) is 3.65. The second-order valence-corrected chi connectivity index (χ2v) is 8.55. The number of anilines is 2. The van der Waals surface area contributed by atoms with Gasteiger partial charge in [-0.15, -0.1) is 0 Å². The van der Waals surface area contributed by atoms with Crippen LogP contribution in [0.15, 0.2) is 30.9 Å². The number of nitrogen functional groups attached to an aromatic ring is 1. The van der Waals surface area contributed by atoms with E-state index in [1.807, 2.05) is 12.1 Å². The average molecular weight is 339 g/mol. The first-order valence-electron chi connectivity index (χ1n) is 8.80. The molecule has 1 aliphatic carbocycles. The highest BCUT2D eigenvalue weighted by Gasteiger charge is 2.50. The molecule has 2 bridgehead atoms. The van der Waals surface area contributed by atoms with Crippen molar-refractivity contribution in [2.24, 2.45) is 10.8 Å². The molecule has 6 heteroatoms. The minimum absolute atomic E-state index is 0.314. The number of hydrogen-bond donors (Lipinski definition) is 1. The molecule has 0 spiro atoms. The summed E-state index contributed by atoms with van der Waals surface area (Å²) in [6.07, 6.45) is 8.47. The van der Waals surface area contributed by atoms with Crippen LogP contribution in [0.3, 0.4) is 0 Å². The summed E-state index contributed by atoms with van der Waals surface area (Å²) >= 11 is 0. The Kier molecular flexibility index (Phi) is 3.60. The van der Waals surface area contributed by atoms with Crippen molar-refractivity contribution in [3.8, 4) is 11.6 Å². The fourth-order valence-electron chi connectivity index (χ4n) is 4.91. The number of rotatable bonds is 3. The summed E-state index contributed by atoms with van der Waals surface area (Å²) in [7, 11) is 0. The van der Waals surface area contributed by atoms with Crippen molar-refractivity contribution in [3.05, 3.63) is 30.9 Å². The van der Waals surface area contributed by atoms with Crippen LogP contribution in [0.25, 0.3) is 0 Å². The molecule has 2 aromatic heterocycles. The SMILES string of the molecule is CC1(C)CC2CC(C)(CN2c2ncnc(Oc3cccnc3)c2N)C1. The van der Waals surface area contributed by atoms with E-state index in [1.54, 1.807) is 12.4 Å². The lowest BCUT2D eigenvalue weighted by atomic mass is 9.65. The van der Waals surface area contributed by atoms with Gasteiger partial charge in [0.2, 0.25) is 5.88 Å². The highest BCUT2D eigenvalue weighted by Crippen LogP contribution is 2.54. The van der Waals surface area contributed by atoms with E-state index < -0.39 is 0 Å². The van der Waals surface area contributed by atoms with Gasteiger partial charge in [0.15, 0.2) is 5.82 Å². The van der Waals surface area contributed by atoms with E-state index in [9.17, 15) is 0 Å². The molecule has 2 aliphatic rings. The smallest absolute Gasteiger partial charge is 0.248 e. The van der Waals surface area contributed by atoms with Crippen LogP contribution in [0, 0.1) is 10.8 Å². The van der Waals surface area contributed by atoms with Crippen molar-refractivity contribution in [1.29, 1.82) is 0 Å². The van der Waals surface area contributed by atoms with E-state index in [2.05, 4.69) is 40.6 Å². The van der Waals surface area contributed by atoms with Crippen LogP contribution in [-0.4, -0.2) is 27.5 Å². The van der Waals surface area contributed by atoms with E-state index in [4.69, 9.17) is 10.5 Å². The Balaban J connectivity index is 1.65. The molecule has 0 radical (unpaired) electrons. The van der Waals surface area contributed by atoms with Crippen molar-refractivity contribution in [1.82, 2.24) is 15.0 Å². The van der Waals surface area contributed by atoms with E-state index in [0.717, 1.165) is 18.8 Å². The topological polar surface area (TPSA) is 77.2 Å². The molecule has 3 heterocycles. The van der Waals surface area contributed by atoms with Gasteiger partial charge in [0, 0.05) is 18.8 Å². The van der Waals surface area contributed by atoms with Gasteiger partial charge >= 0.3 is 0 Å². The van der Waals surface area contributed by atoms with E-state index in [-0.39, 0.29) is 0 Å². The molecule has 2 atom stereocenters. The molecule has 2 N–H and O–H groups in total. The lowest BCUT2D eigenvalue weighted by Gasteiger charge is -2.39. The first-order valence-corrected chi connectivity index (χ1v) is 8.80. The number of nitrogens with two attached hydrogens (primary N) is 1. The van der Waals surface area contributed by atoms with Gasteiger partial charge in [0.05, 0.1) is 6.20 Å². The second kappa shape index (κ2) is 5.58. The second-order valence-electron chi connectivity index (χ2n) is 8.55. The van der Waals surface area contributed by atoms with Crippen molar-refractivity contribution in [2.45, 2.75) is 46.1 Å². The molecule has 2 aromatic rings. The summed E-state index contributed by atoms with van der Waals surface area (Å²) in [6.45, 7) is 8.09. The third kappa shape index (κ3) is 3.01. The number of aromatic nitrogens is 3. The maximum atomic E-state index is 6.39. The fraction of sp³-hybridized carbons (Fsp3) is 0.526. The van der Waals surface area contributed by atoms with Crippen LogP contribution in [0.1, 0.15) is 40.0 Å². The Bertz CT molecular complexity index is 779. The Morgan fingerprint density at radius 3 is 2.84 bits per heavy atom. The van der Waals surface area contributed by atoms with Gasteiger partial charge in [-0.3, -0.25) is 4.98 Å². The minimum atomic E-state index is 0.314. The summed E-state index contributed by atoms with van der Waals surface area (Å²) in [5.41, 5.74) is 7.56. The van der Waals surface area contributed by atoms with Crippen molar-refractivity contribution in [2.75, 3.05) is 17.2 Å². The van der Waals surface area contributed by atoms with Crippen LogP contribution in [-0.2, 0) is 0 Å². The lowest BCUT2D eigenvalue weighted by Crippen LogP contribution is -2.35. The van der Waals surface area contributed by atoms with Crippen LogP contribution in [0.5, 0.6) is 11.6 Å². The monoisotopic (exact) mass is 339 g/mol. The molecule has 132 valence electrons. The highest BCUT2D eigenvalue weighted by molar-refractivity contribution is 5.69. The van der Waals surface area contributed by atoms with Gasteiger partial charge in [-0.1, -0.05) is 20.8 Å². The van der Waals surface area contributed by atoms with Gasteiger partial charge in [0.25, 0.3) is 0 Å². The molecule has 0 amide bonds. The van der Waals surface area contributed by atoms with Crippen LogP contribution >= 0.6 is 0 Å². The summed E-state index contributed by atoms with van der Waals surface area (Å²) in [6, 6.07) is 4.12. The zero-order chi connectivity index (χ0) is 17.7. The first kappa shape index (κ1) is 16.1. The number of hydrogen-bond acceptors (Lipinski definition) is 6. The maximum Gasteiger partial charge on any atom is 0.248 e. The third-order valence-corrected chi connectivity index (χ3v) is 5.36. The average Bonchev–Trinajstić information content (AvgIpc) is 2.79. The van der Waals surface area contributed by atoms with Gasteiger partial charge in [-0.05, 0) is 42.2 Å². The largest absolute Gasteiger partial charge is 0.435 e. The third-order valence-electron chi connectivity index (χ3n) is 5.36. The van der Waals surface area contributed by atoms with Crippen molar-refractivity contribution >= 4 is 11.5 Å². The van der Waals surface area contributed by atoms with E-state index >= 15 is 0 Å². The van der Waals surface area contributed by atoms with Crippen LogP contribution in [0.2, 0.25) is 0 Å². The first-order chi connectivity index (χ1) is 11.9. The van der Waals surface area contributed by atoms with Crippen molar-refractivity contribution < 1.29 is 4.74 Å². The lowest BCUT2D eigenvalue weighted by molar-refractivity contribution is 0.136. The Morgan fingerprint density at radius 2 is 2.08 bits per heavy atom. The minimum Gasteiger partial charge on any atom is -0.435 e. The zero-order valence-electron chi connectivity index (χ0n) is 15.1. The van der Waals surface area contributed by atoms with Gasteiger partial charge in [-0.25, -0.2) is 4.98 Å². The molecule has 0 aromatic carbocycles. The van der Waals surface area contributed by atoms with E-state index in [1.165, 1.54) is 19.2 Å². The summed E-state index contributed by atoms with van der Waals surface area (Å²) in [4.78, 5) is 15.1. The fourth-order valence-corrected chi connectivity index (χ4v) is 4.91. The Hall–Kier alpha value is -2.37. The van der Waals surface area contributed by atoms with Gasteiger partial charge < -0.3 is 15.4 Å². The van der Waals surface area contributed by atoms with Gasteiger partial charge in [-0.2, -0.15) is 4.98 Å². The Labute approximate surface area is 148 Å². The summed E-state index contributed by atoms with van der Waals surface area (Å²) in [5.74, 6) is 1.80. The summed E-state index contributed by atoms with van der Waals surface area (Å²) < 4.78 is 5.82. The quantitative estimate of drug-likeness (QED) is 0.920. The molecule has 1 saturated heterocycles.